The van der Waals surface area contributed by atoms with Gasteiger partial charge in [-0.2, -0.15) is 0 Å². The molecule has 0 saturated heterocycles. The number of carbonyl (C=O) groups is 1. The first kappa shape index (κ1) is 15.4. The lowest BCUT2D eigenvalue weighted by Crippen LogP contribution is -2.21. The monoisotopic (exact) mass is 308 g/mol. The van der Waals surface area contributed by atoms with Crippen LogP contribution in [-0.2, 0) is 13.2 Å². The number of halogens is 1. The minimum absolute atomic E-state index is 0.0877. The number of nitrogens with zero attached hydrogens (tertiary/aromatic N) is 1. The van der Waals surface area contributed by atoms with Crippen LogP contribution >= 0.6 is 11.6 Å². The van der Waals surface area contributed by atoms with Gasteiger partial charge in [0, 0.05) is 19.7 Å². The van der Waals surface area contributed by atoms with Crippen LogP contribution in [0.1, 0.15) is 21.9 Å². The summed E-state index contributed by atoms with van der Waals surface area (Å²) in [5.74, 6) is 1.10. The van der Waals surface area contributed by atoms with Crippen LogP contribution in [0.3, 0.4) is 0 Å². The van der Waals surface area contributed by atoms with Gasteiger partial charge in [0.25, 0.3) is 5.91 Å². The molecule has 0 aliphatic carbocycles. The van der Waals surface area contributed by atoms with Crippen molar-refractivity contribution in [2.75, 3.05) is 19.4 Å². The molecule has 0 radical (unpaired) electrons. The van der Waals surface area contributed by atoms with Crippen LogP contribution in [-0.4, -0.2) is 30.0 Å². The summed E-state index contributed by atoms with van der Waals surface area (Å²) in [6.45, 7) is 0.285. The summed E-state index contributed by atoms with van der Waals surface area (Å²) in [7, 11) is 3.40. The van der Waals surface area contributed by atoms with Crippen LogP contribution in [0.5, 0.6) is 0 Å². The molecule has 0 unspecified atom stereocenters. The van der Waals surface area contributed by atoms with Crippen LogP contribution in [0.15, 0.2) is 34.7 Å². The third-order valence-electron chi connectivity index (χ3n) is 2.95. The standard InChI is InChI=1S/C15H17ClN2O3/c1-18(2)15(20)10-3-6-13(16)14(7-10)17-8-11-4-5-12(9-19)21-11/h3-7,17,19H,8-9H2,1-2H3. The molecular weight excluding hydrogens is 292 g/mol. The highest BCUT2D eigenvalue weighted by molar-refractivity contribution is 6.33. The Kier molecular flexibility index (Phi) is 4.88. The summed E-state index contributed by atoms with van der Waals surface area (Å²) in [6.07, 6.45) is 0. The van der Waals surface area contributed by atoms with Crippen LogP contribution in [0, 0.1) is 0 Å². The zero-order valence-corrected chi connectivity index (χ0v) is 12.6. The number of carbonyl (C=O) groups excluding carboxylic acids is 1. The molecule has 0 aliphatic heterocycles. The molecule has 0 atom stereocenters. The number of furan rings is 1. The number of aliphatic hydroxyl groups is 1. The number of anilines is 1. The topological polar surface area (TPSA) is 65.7 Å². The highest BCUT2D eigenvalue weighted by Crippen LogP contribution is 2.24. The van der Waals surface area contributed by atoms with Crippen molar-refractivity contribution < 1.29 is 14.3 Å². The van der Waals surface area contributed by atoms with E-state index in [0.717, 1.165) is 0 Å². The van der Waals surface area contributed by atoms with Crippen LogP contribution in [0.25, 0.3) is 0 Å². The number of benzene rings is 1. The SMILES string of the molecule is CN(C)C(=O)c1ccc(Cl)c(NCc2ccc(CO)o2)c1. The fraction of sp³-hybridized carbons (Fsp3) is 0.267. The van der Waals surface area contributed by atoms with Gasteiger partial charge in [-0.25, -0.2) is 0 Å². The zero-order valence-electron chi connectivity index (χ0n) is 11.9. The van der Waals surface area contributed by atoms with Crippen molar-refractivity contribution in [3.63, 3.8) is 0 Å². The maximum Gasteiger partial charge on any atom is 0.253 e. The summed E-state index contributed by atoms with van der Waals surface area (Å²) in [5.41, 5.74) is 1.22. The molecule has 1 aromatic heterocycles. The number of hydrogen-bond acceptors (Lipinski definition) is 4. The van der Waals surface area contributed by atoms with E-state index in [-0.39, 0.29) is 12.5 Å². The molecule has 1 heterocycles. The molecule has 21 heavy (non-hydrogen) atoms. The maximum absolute atomic E-state index is 11.9. The van der Waals surface area contributed by atoms with E-state index in [1.807, 2.05) is 0 Å². The van der Waals surface area contributed by atoms with Crippen molar-refractivity contribution in [3.05, 3.63) is 52.4 Å². The highest BCUT2D eigenvalue weighted by atomic mass is 35.5. The molecule has 2 N–H and O–H groups in total. The summed E-state index contributed by atoms with van der Waals surface area (Å²) in [4.78, 5) is 13.4. The first-order valence-electron chi connectivity index (χ1n) is 6.44. The fourth-order valence-electron chi connectivity index (χ4n) is 1.84. The second-order valence-corrected chi connectivity index (χ2v) is 5.18. The van der Waals surface area contributed by atoms with Gasteiger partial charge >= 0.3 is 0 Å². The van der Waals surface area contributed by atoms with Crippen molar-refractivity contribution in [2.24, 2.45) is 0 Å². The molecule has 1 aromatic carbocycles. The largest absolute Gasteiger partial charge is 0.462 e. The smallest absolute Gasteiger partial charge is 0.253 e. The lowest BCUT2D eigenvalue weighted by Gasteiger charge is -2.13. The number of rotatable bonds is 5. The third-order valence-corrected chi connectivity index (χ3v) is 3.28. The van der Waals surface area contributed by atoms with E-state index in [4.69, 9.17) is 21.1 Å². The Morgan fingerprint density at radius 1 is 1.29 bits per heavy atom. The highest BCUT2D eigenvalue weighted by Gasteiger charge is 2.11. The third kappa shape index (κ3) is 3.77. The van der Waals surface area contributed by atoms with Crippen molar-refractivity contribution in [2.45, 2.75) is 13.2 Å². The first-order chi connectivity index (χ1) is 10.0. The Morgan fingerprint density at radius 2 is 2.00 bits per heavy atom. The van der Waals surface area contributed by atoms with E-state index in [0.29, 0.717) is 34.3 Å². The van der Waals surface area contributed by atoms with Gasteiger partial charge in [-0.3, -0.25) is 4.79 Å². The normalized spacial score (nSPS) is 10.5. The molecule has 0 saturated carbocycles. The Bertz CT molecular complexity index is 638. The molecule has 0 fully saturated rings. The lowest BCUT2D eigenvalue weighted by atomic mass is 10.1. The van der Waals surface area contributed by atoms with Crippen LogP contribution < -0.4 is 5.32 Å². The van der Waals surface area contributed by atoms with Gasteiger partial charge < -0.3 is 19.7 Å². The Labute approximate surface area is 128 Å². The predicted octanol–water partition coefficient (Wildman–Crippen LogP) is 2.74. The fourth-order valence-corrected chi connectivity index (χ4v) is 2.02. The van der Waals surface area contributed by atoms with E-state index < -0.39 is 0 Å². The van der Waals surface area contributed by atoms with Gasteiger partial charge in [0.1, 0.15) is 18.1 Å². The van der Waals surface area contributed by atoms with Gasteiger partial charge in [-0.15, -0.1) is 0 Å². The number of hydrogen-bond donors (Lipinski definition) is 2. The van der Waals surface area contributed by atoms with E-state index in [1.54, 1.807) is 44.4 Å². The summed E-state index contributed by atoms with van der Waals surface area (Å²) in [6, 6.07) is 8.57. The first-order valence-corrected chi connectivity index (χ1v) is 6.82. The molecule has 0 bridgehead atoms. The van der Waals surface area contributed by atoms with Gasteiger partial charge in [-0.05, 0) is 30.3 Å². The van der Waals surface area contributed by atoms with Gasteiger partial charge in [0.05, 0.1) is 17.3 Å². The zero-order chi connectivity index (χ0) is 15.4. The summed E-state index contributed by atoms with van der Waals surface area (Å²) < 4.78 is 5.38. The molecule has 0 aliphatic rings. The molecular formula is C15H17ClN2O3. The second-order valence-electron chi connectivity index (χ2n) is 4.77. The Balaban J connectivity index is 2.11. The molecule has 1 amide bonds. The number of aliphatic hydroxyl groups excluding tert-OH is 1. The average molecular weight is 309 g/mol. The molecule has 2 aromatic rings. The van der Waals surface area contributed by atoms with Gasteiger partial charge in [0.2, 0.25) is 0 Å². The molecule has 6 heteroatoms. The van der Waals surface area contributed by atoms with E-state index in [9.17, 15) is 4.79 Å². The van der Waals surface area contributed by atoms with E-state index in [2.05, 4.69) is 5.32 Å². The summed E-state index contributed by atoms with van der Waals surface area (Å²) >= 11 is 6.12. The lowest BCUT2D eigenvalue weighted by molar-refractivity contribution is 0.0827. The predicted molar refractivity (Wildman–Crippen MR) is 81.4 cm³/mol. The van der Waals surface area contributed by atoms with Crippen LogP contribution in [0.2, 0.25) is 5.02 Å². The Hall–Kier alpha value is -1.98. The van der Waals surface area contributed by atoms with Crippen molar-refractivity contribution in [1.29, 1.82) is 0 Å². The average Bonchev–Trinajstić information content (AvgIpc) is 2.93. The van der Waals surface area contributed by atoms with Gasteiger partial charge in [0.15, 0.2) is 0 Å². The quantitative estimate of drug-likeness (QED) is 0.891. The van der Waals surface area contributed by atoms with Crippen molar-refractivity contribution in [1.82, 2.24) is 4.90 Å². The van der Waals surface area contributed by atoms with Crippen molar-refractivity contribution in [3.8, 4) is 0 Å². The van der Waals surface area contributed by atoms with Gasteiger partial charge in [-0.1, -0.05) is 11.6 Å². The Morgan fingerprint density at radius 3 is 2.62 bits per heavy atom. The number of amides is 1. The summed E-state index contributed by atoms with van der Waals surface area (Å²) in [5, 5.41) is 12.6. The minimum atomic E-state index is -0.131. The van der Waals surface area contributed by atoms with Crippen LogP contribution in [0.4, 0.5) is 5.69 Å². The minimum Gasteiger partial charge on any atom is -0.462 e. The molecule has 112 valence electrons. The molecule has 5 nitrogen and oxygen atoms in total. The maximum atomic E-state index is 11.9. The van der Waals surface area contributed by atoms with Crippen molar-refractivity contribution >= 4 is 23.2 Å². The number of nitrogens with one attached hydrogen (secondary N) is 1. The molecule has 0 spiro atoms. The second kappa shape index (κ2) is 6.65. The van der Waals surface area contributed by atoms with E-state index in [1.165, 1.54) is 4.90 Å². The van der Waals surface area contributed by atoms with E-state index >= 15 is 0 Å². The molecule has 2 rings (SSSR count).